The second kappa shape index (κ2) is 4.11. The number of nitrogen functional groups attached to an aromatic ring is 1. The van der Waals surface area contributed by atoms with Crippen LogP contribution < -0.4 is 10.9 Å². The minimum absolute atomic E-state index is 0.0126. The van der Waals surface area contributed by atoms with E-state index in [1.807, 2.05) is 0 Å². The summed E-state index contributed by atoms with van der Waals surface area (Å²) in [5.74, 6) is 0. The fourth-order valence-corrected chi connectivity index (χ4v) is 2.65. The Kier molecular flexibility index (Phi) is 2.88. The number of sulfonamides is 1. The zero-order chi connectivity index (χ0) is 13.5. The molecule has 2 aromatic rings. The minimum Gasteiger partial charge on any atom is -0.399 e. The summed E-state index contributed by atoms with van der Waals surface area (Å²) in [6.45, 7) is 1.80. The van der Waals surface area contributed by atoms with Crippen molar-refractivity contribution in [3.05, 3.63) is 30.1 Å². The van der Waals surface area contributed by atoms with Gasteiger partial charge in [-0.3, -0.25) is 4.68 Å². The van der Waals surface area contributed by atoms with Gasteiger partial charge in [0.1, 0.15) is 0 Å². The van der Waals surface area contributed by atoms with Gasteiger partial charge in [-0.15, -0.1) is 0 Å². The number of anilines is 1. The van der Waals surface area contributed by atoms with Gasteiger partial charge in [0, 0.05) is 30.1 Å². The van der Waals surface area contributed by atoms with Crippen LogP contribution in [0.3, 0.4) is 0 Å². The van der Waals surface area contributed by atoms with Gasteiger partial charge in [0.2, 0.25) is 10.0 Å². The van der Waals surface area contributed by atoms with Gasteiger partial charge in [0.25, 0.3) is 0 Å². The average molecular weight is 266 g/mol. The number of rotatable bonds is 2. The molecule has 1 aromatic heterocycles. The summed E-state index contributed by atoms with van der Waals surface area (Å²) in [5.41, 5.74) is 7.92. The Hall–Kier alpha value is -1.86. The molecule has 0 unspecified atom stereocenters. The predicted molar refractivity (Wildman–Crippen MR) is 69.2 cm³/mol. The summed E-state index contributed by atoms with van der Waals surface area (Å²) in [4.78, 5) is 0.0126. The van der Waals surface area contributed by atoms with Crippen LogP contribution in [0.15, 0.2) is 29.3 Å². The van der Waals surface area contributed by atoms with Gasteiger partial charge >= 0.3 is 0 Å². The molecule has 0 aliphatic heterocycles. The number of aromatic nitrogens is 2. The molecule has 0 fully saturated rings. The Morgan fingerprint density at radius 3 is 2.44 bits per heavy atom. The quantitative estimate of drug-likeness (QED) is 0.778. The molecule has 0 atom stereocenters. The summed E-state index contributed by atoms with van der Waals surface area (Å²) in [6, 6.07) is 4.63. The van der Waals surface area contributed by atoms with Crippen LogP contribution in [0.5, 0.6) is 0 Å². The van der Waals surface area contributed by atoms with E-state index in [1.165, 1.54) is 6.07 Å². The van der Waals surface area contributed by atoms with Crippen molar-refractivity contribution < 1.29 is 8.42 Å². The van der Waals surface area contributed by atoms with Crippen LogP contribution in [0, 0.1) is 6.92 Å². The van der Waals surface area contributed by atoms with Crippen LogP contribution in [0.25, 0.3) is 11.1 Å². The Balaban J connectivity index is 2.76. The number of benzene rings is 1. The van der Waals surface area contributed by atoms with Crippen molar-refractivity contribution in [2.75, 3.05) is 5.73 Å². The largest absolute Gasteiger partial charge is 0.399 e. The molecule has 1 heterocycles. The van der Waals surface area contributed by atoms with Gasteiger partial charge in [-0.1, -0.05) is 6.07 Å². The molecule has 6 nitrogen and oxygen atoms in total. The average Bonchev–Trinajstić information content (AvgIpc) is 2.56. The van der Waals surface area contributed by atoms with Crippen LogP contribution in [0.1, 0.15) is 5.69 Å². The number of aryl methyl sites for hydroxylation is 2. The first-order chi connectivity index (χ1) is 8.29. The lowest BCUT2D eigenvalue weighted by molar-refractivity contribution is 0.598. The van der Waals surface area contributed by atoms with E-state index < -0.39 is 10.0 Å². The number of primary sulfonamides is 1. The monoisotopic (exact) mass is 266 g/mol. The predicted octanol–water partition coefficient (Wildman–Crippen LogP) is 0.625. The second-order valence-electron chi connectivity index (χ2n) is 4.10. The van der Waals surface area contributed by atoms with Crippen molar-refractivity contribution in [2.24, 2.45) is 12.2 Å². The maximum Gasteiger partial charge on any atom is 0.238 e. The van der Waals surface area contributed by atoms with Gasteiger partial charge in [-0.05, 0) is 19.1 Å². The molecule has 7 heteroatoms. The van der Waals surface area contributed by atoms with E-state index in [-0.39, 0.29) is 4.90 Å². The van der Waals surface area contributed by atoms with Gasteiger partial charge in [0.15, 0.2) is 0 Å². The van der Waals surface area contributed by atoms with Crippen molar-refractivity contribution in [1.82, 2.24) is 9.78 Å². The summed E-state index contributed by atoms with van der Waals surface area (Å²) in [6.07, 6.45) is 1.75. The first kappa shape index (κ1) is 12.6. The second-order valence-corrected chi connectivity index (χ2v) is 5.63. The van der Waals surface area contributed by atoms with E-state index >= 15 is 0 Å². The molecule has 0 aliphatic rings. The molecule has 0 spiro atoms. The molecule has 2 rings (SSSR count). The molecule has 0 radical (unpaired) electrons. The van der Waals surface area contributed by atoms with E-state index in [4.69, 9.17) is 10.9 Å². The summed E-state index contributed by atoms with van der Waals surface area (Å²) in [5, 5.41) is 9.39. The van der Waals surface area contributed by atoms with Crippen molar-refractivity contribution in [3.63, 3.8) is 0 Å². The molecule has 1 aromatic carbocycles. The summed E-state index contributed by atoms with van der Waals surface area (Å²) in [7, 11) is -2.06. The Bertz CT molecular complexity index is 704. The van der Waals surface area contributed by atoms with Crippen LogP contribution in [-0.4, -0.2) is 18.2 Å². The highest BCUT2D eigenvalue weighted by molar-refractivity contribution is 7.89. The maximum atomic E-state index is 11.6. The van der Waals surface area contributed by atoms with Gasteiger partial charge in [-0.2, -0.15) is 5.10 Å². The Morgan fingerprint density at radius 1 is 1.28 bits per heavy atom. The number of nitrogens with two attached hydrogens (primary N) is 2. The molecule has 18 heavy (non-hydrogen) atoms. The van der Waals surface area contributed by atoms with E-state index in [0.717, 1.165) is 11.3 Å². The SMILES string of the molecule is Cc1nn(C)cc1-c1ccc(N)cc1S(N)(=O)=O. The lowest BCUT2D eigenvalue weighted by Gasteiger charge is -2.07. The fourth-order valence-electron chi connectivity index (χ4n) is 1.86. The van der Waals surface area contributed by atoms with E-state index in [9.17, 15) is 8.42 Å². The molecule has 4 N–H and O–H groups in total. The first-order valence-corrected chi connectivity index (χ1v) is 6.76. The normalized spacial score (nSPS) is 11.7. The third-order valence-electron chi connectivity index (χ3n) is 2.62. The number of hydrogen-bond acceptors (Lipinski definition) is 4. The van der Waals surface area contributed by atoms with Crippen molar-refractivity contribution in [2.45, 2.75) is 11.8 Å². The lowest BCUT2D eigenvalue weighted by Crippen LogP contribution is -2.14. The van der Waals surface area contributed by atoms with Crippen molar-refractivity contribution in [3.8, 4) is 11.1 Å². The van der Waals surface area contributed by atoms with Gasteiger partial charge in [-0.25, -0.2) is 13.6 Å². The van der Waals surface area contributed by atoms with Crippen LogP contribution >= 0.6 is 0 Å². The topological polar surface area (TPSA) is 104 Å². The maximum absolute atomic E-state index is 11.6. The van der Waals surface area contributed by atoms with E-state index in [0.29, 0.717) is 11.3 Å². The first-order valence-electron chi connectivity index (χ1n) is 5.22. The molecular weight excluding hydrogens is 252 g/mol. The highest BCUT2D eigenvalue weighted by Gasteiger charge is 2.18. The standard InChI is InChI=1S/C11H14N4O2S/c1-7-10(6-15(2)14-7)9-4-3-8(12)5-11(9)18(13,16)17/h3-6H,12H2,1-2H3,(H2,13,16,17). The zero-order valence-electron chi connectivity index (χ0n) is 10.1. The van der Waals surface area contributed by atoms with Crippen LogP contribution in [0.2, 0.25) is 0 Å². The summed E-state index contributed by atoms with van der Waals surface area (Å²) < 4.78 is 24.8. The lowest BCUT2D eigenvalue weighted by atomic mass is 10.1. The smallest absolute Gasteiger partial charge is 0.238 e. The summed E-state index contributed by atoms with van der Waals surface area (Å²) >= 11 is 0. The van der Waals surface area contributed by atoms with Crippen LogP contribution in [-0.2, 0) is 17.1 Å². The van der Waals surface area contributed by atoms with E-state index in [1.54, 1.807) is 37.0 Å². The van der Waals surface area contributed by atoms with E-state index in [2.05, 4.69) is 5.10 Å². The molecule has 0 saturated carbocycles. The fraction of sp³-hybridized carbons (Fsp3) is 0.182. The number of nitrogens with zero attached hydrogens (tertiary/aromatic N) is 2. The Labute approximate surface area is 105 Å². The zero-order valence-corrected chi connectivity index (χ0v) is 10.9. The molecule has 0 bridgehead atoms. The number of hydrogen-bond donors (Lipinski definition) is 2. The van der Waals surface area contributed by atoms with Crippen molar-refractivity contribution >= 4 is 15.7 Å². The van der Waals surface area contributed by atoms with Crippen LogP contribution in [0.4, 0.5) is 5.69 Å². The highest BCUT2D eigenvalue weighted by Crippen LogP contribution is 2.30. The third-order valence-corrected chi connectivity index (χ3v) is 3.57. The minimum atomic E-state index is -3.83. The van der Waals surface area contributed by atoms with Gasteiger partial charge < -0.3 is 5.73 Å². The Morgan fingerprint density at radius 2 is 1.94 bits per heavy atom. The molecular formula is C11H14N4O2S. The molecule has 0 amide bonds. The molecule has 0 aliphatic carbocycles. The third kappa shape index (κ3) is 2.22. The highest BCUT2D eigenvalue weighted by atomic mass is 32.2. The van der Waals surface area contributed by atoms with Crippen molar-refractivity contribution in [1.29, 1.82) is 0 Å². The molecule has 96 valence electrons. The molecule has 0 saturated heterocycles. The van der Waals surface area contributed by atoms with Gasteiger partial charge in [0.05, 0.1) is 10.6 Å².